The van der Waals surface area contributed by atoms with E-state index in [9.17, 15) is 19.0 Å². The molecule has 0 amide bonds. The molecule has 0 saturated carbocycles. The lowest BCUT2D eigenvalue weighted by Crippen LogP contribution is -2.37. The molecule has 61 heavy (non-hydrogen) atoms. The van der Waals surface area contributed by atoms with Crippen LogP contribution in [0.5, 0.6) is 0 Å². The highest BCUT2D eigenvalue weighted by molar-refractivity contribution is 7.45. The molecule has 1 saturated heterocycles. The summed E-state index contributed by atoms with van der Waals surface area (Å²) in [5.74, 6) is -0.954. The van der Waals surface area contributed by atoms with Crippen molar-refractivity contribution in [1.82, 2.24) is 0 Å². The first kappa shape index (κ1) is 55.9. The first-order chi connectivity index (χ1) is 29.5. The second kappa shape index (κ2) is 37.4. The molecule has 346 valence electrons. The van der Waals surface area contributed by atoms with Gasteiger partial charge in [-0.05, 0) is 89.9 Å². The normalized spacial score (nSPS) is 17.7. The number of carbonyl (C=O) groups is 2. The first-order valence-corrected chi connectivity index (χ1v) is 24.5. The molecule has 10 nitrogen and oxygen atoms in total. The van der Waals surface area contributed by atoms with Crippen LogP contribution >= 0.6 is 7.82 Å². The maximum Gasteiger partial charge on any atom is 0.306 e. The minimum absolute atomic E-state index is 0.0539. The van der Waals surface area contributed by atoms with E-state index < -0.39 is 32.5 Å². The monoisotopic (exact) mass is 872 g/mol. The van der Waals surface area contributed by atoms with Crippen molar-refractivity contribution in [3.05, 3.63) is 97.2 Å². The summed E-state index contributed by atoms with van der Waals surface area (Å²) in [5.41, 5.74) is 0. The van der Waals surface area contributed by atoms with E-state index in [2.05, 4.69) is 105 Å². The zero-order valence-corrected chi connectivity index (χ0v) is 39.4. The van der Waals surface area contributed by atoms with Gasteiger partial charge in [-0.2, -0.15) is 0 Å². The van der Waals surface area contributed by atoms with E-state index in [0.717, 1.165) is 77.0 Å². The lowest BCUT2D eigenvalue weighted by molar-refractivity contribution is -0.870. The Hall–Kier alpha value is -3.11. The molecular formula is C50H82NO9P. The number of nitrogens with zero attached hydrogens (tertiary/aromatic N) is 1. The van der Waals surface area contributed by atoms with Crippen LogP contribution in [0.1, 0.15) is 142 Å². The molecule has 1 fully saturated rings. The molecule has 0 aromatic rings. The molecule has 1 rings (SSSR count). The highest BCUT2D eigenvalue weighted by atomic mass is 31.2. The van der Waals surface area contributed by atoms with E-state index in [0.29, 0.717) is 36.1 Å². The number of ether oxygens (including phenoxy) is 3. The molecular weight excluding hydrogens is 790 g/mol. The molecule has 0 aromatic carbocycles. The number of unbranched alkanes of at least 4 members (excludes halogenated alkanes) is 6. The topological polar surface area (TPSA) is 124 Å². The minimum atomic E-state index is -4.66. The number of quaternary nitrogens is 1. The Morgan fingerprint density at radius 1 is 0.623 bits per heavy atom. The Morgan fingerprint density at radius 3 is 1.74 bits per heavy atom. The number of phosphoric ester groups is 1. The lowest BCUT2D eigenvalue weighted by atomic mass is 10.1. The van der Waals surface area contributed by atoms with Gasteiger partial charge in [0.25, 0.3) is 7.82 Å². The third kappa shape index (κ3) is 38.3. The van der Waals surface area contributed by atoms with Crippen LogP contribution in [-0.4, -0.2) is 82.2 Å². The third-order valence-corrected chi connectivity index (χ3v) is 10.5. The minimum Gasteiger partial charge on any atom is -0.756 e. The smallest absolute Gasteiger partial charge is 0.306 e. The van der Waals surface area contributed by atoms with Gasteiger partial charge < -0.3 is 32.6 Å². The molecule has 1 heterocycles. The standard InChI is InChI=1S/C50H82NO9P/c1-6-8-10-11-12-13-14-15-16-17-18-19-20-21-22-27-30-33-37-41-50(53)59-46(45-58-61(54,55)57-43-42-51(3,4)5)44-56-49(52)40-36-32-29-26-24-23-25-28-31-35-39-48-47(60-48)38-34-9-7-2/h8,10,12-13,15-16,18-19,21-23,25-26,29,31,35,46-48H,6-7,9,11,14,17,20,24,27-28,30,32-34,36-45H2,1-5H3/b10-8-,13-12-,16-15-,19-18-,22-21-,25-23-,29-26-,35-31-/t46-,47?,48?/m1/s1. The van der Waals surface area contributed by atoms with Crippen LogP contribution in [0.2, 0.25) is 0 Å². The molecule has 4 atom stereocenters. The maximum atomic E-state index is 12.7. The van der Waals surface area contributed by atoms with Crippen molar-refractivity contribution in [2.75, 3.05) is 47.5 Å². The summed E-state index contributed by atoms with van der Waals surface area (Å²) in [4.78, 5) is 37.6. The number of rotatable bonds is 39. The largest absolute Gasteiger partial charge is 0.756 e. The van der Waals surface area contributed by atoms with Crippen LogP contribution in [0.25, 0.3) is 0 Å². The zero-order valence-electron chi connectivity index (χ0n) is 38.5. The van der Waals surface area contributed by atoms with Gasteiger partial charge in [-0.3, -0.25) is 14.2 Å². The SMILES string of the molecule is CC/C=C\C/C=C\C/C=C\C/C=C\C/C=C\CCCCCC(=O)O[C@H](COC(=O)CCC/C=C\C/C=C\C/C=C\CC1OC1CCCCC)COP(=O)([O-])OCC[N+](C)(C)C. The Labute approximate surface area is 370 Å². The third-order valence-electron chi connectivity index (χ3n) is 9.51. The van der Waals surface area contributed by atoms with E-state index in [4.69, 9.17) is 23.3 Å². The highest BCUT2D eigenvalue weighted by Gasteiger charge is 2.36. The number of likely N-dealkylation sites (N-methyl/N-ethyl adjacent to an activating group) is 1. The quantitative estimate of drug-likeness (QED) is 0.0148. The van der Waals surface area contributed by atoms with Crippen LogP contribution < -0.4 is 4.89 Å². The van der Waals surface area contributed by atoms with Crippen molar-refractivity contribution in [1.29, 1.82) is 0 Å². The van der Waals surface area contributed by atoms with Crippen LogP contribution in [0, 0.1) is 0 Å². The van der Waals surface area contributed by atoms with Gasteiger partial charge in [0.1, 0.15) is 19.8 Å². The molecule has 0 aliphatic carbocycles. The number of hydrogen-bond donors (Lipinski definition) is 0. The Balaban J connectivity index is 2.34. The van der Waals surface area contributed by atoms with E-state index in [1.54, 1.807) is 0 Å². The molecule has 1 aliphatic rings. The Kier molecular flexibility index (Phi) is 34.3. The van der Waals surface area contributed by atoms with Gasteiger partial charge in [0.15, 0.2) is 6.10 Å². The van der Waals surface area contributed by atoms with Gasteiger partial charge in [-0.1, -0.05) is 137 Å². The molecule has 11 heteroatoms. The van der Waals surface area contributed by atoms with Crippen LogP contribution in [0.3, 0.4) is 0 Å². The summed E-state index contributed by atoms with van der Waals surface area (Å²) in [5, 5.41) is 0. The fourth-order valence-electron chi connectivity index (χ4n) is 5.82. The number of hydrogen-bond acceptors (Lipinski definition) is 9. The predicted molar refractivity (Wildman–Crippen MR) is 249 cm³/mol. The molecule has 0 spiro atoms. The number of phosphoric acid groups is 1. The Morgan fingerprint density at radius 2 is 1.16 bits per heavy atom. The van der Waals surface area contributed by atoms with E-state index in [-0.39, 0.29) is 26.1 Å². The van der Waals surface area contributed by atoms with E-state index >= 15 is 0 Å². The van der Waals surface area contributed by atoms with Crippen LogP contribution in [0.4, 0.5) is 0 Å². The van der Waals surface area contributed by atoms with E-state index in [1.165, 1.54) is 25.7 Å². The van der Waals surface area contributed by atoms with Crippen LogP contribution in [-0.2, 0) is 37.4 Å². The van der Waals surface area contributed by atoms with E-state index in [1.807, 2.05) is 27.2 Å². The number of allylic oxidation sites excluding steroid dienone is 15. The van der Waals surface area contributed by atoms with Crippen molar-refractivity contribution in [2.45, 2.75) is 161 Å². The molecule has 1 aliphatic heterocycles. The van der Waals surface area contributed by atoms with Gasteiger partial charge in [-0.25, -0.2) is 0 Å². The second-order valence-corrected chi connectivity index (χ2v) is 17.8. The summed E-state index contributed by atoms with van der Waals surface area (Å²) in [7, 11) is 1.09. The van der Waals surface area contributed by atoms with Crippen LogP contribution in [0.15, 0.2) is 97.2 Å². The lowest BCUT2D eigenvalue weighted by Gasteiger charge is -2.28. The van der Waals surface area contributed by atoms with Crippen molar-refractivity contribution in [3.8, 4) is 0 Å². The summed E-state index contributed by atoms with van der Waals surface area (Å²) >= 11 is 0. The summed E-state index contributed by atoms with van der Waals surface area (Å²) < 4.78 is 39.6. The summed E-state index contributed by atoms with van der Waals surface area (Å²) in [6.07, 6.45) is 51.9. The highest BCUT2D eigenvalue weighted by Crippen LogP contribution is 2.38. The number of esters is 2. The number of epoxide rings is 1. The van der Waals surface area contributed by atoms with Crippen molar-refractivity contribution < 1.29 is 46.8 Å². The van der Waals surface area contributed by atoms with Gasteiger partial charge in [0.2, 0.25) is 0 Å². The average Bonchev–Trinajstić information content (AvgIpc) is 3.97. The fourth-order valence-corrected chi connectivity index (χ4v) is 6.55. The fraction of sp³-hybridized carbons (Fsp3) is 0.640. The summed E-state index contributed by atoms with van der Waals surface area (Å²) in [6.45, 7) is 3.94. The second-order valence-electron chi connectivity index (χ2n) is 16.4. The van der Waals surface area contributed by atoms with Crippen molar-refractivity contribution in [2.24, 2.45) is 0 Å². The van der Waals surface area contributed by atoms with Crippen molar-refractivity contribution >= 4 is 19.8 Å². The predicted octanol–water partition coefficient (Wildman–Crippen LogP) is 11.7. The summed E-state index contributed by atoms with van der Waals surface area (Å²) in [6, 6.07) is 0. The van der Waals surface area contributed by atoms with Gasteiger partial charge >= 0.3 is 11.9 Å². The van der Waals surface area contributed by atoms with Gasteiger partial charge in [0.05, 0.1) is 40.0 Å². The average molecular weight is 872 g/mol. The molecule has 0 aromatic heterocycles. The molecule has 3 unspecified atom stereocenters. The number of carbonyl (C=O) groups excluding carboxylic acids is 2. The Bertz CT molecular complexity index is 1420. The van der Waals surface area contributed by atoms with Gasteiger partial charge in [0, 0.05) is 12.8 Å². The molecule has 0 N–H and O–H groups in total. The molecule has 0 radical (unpaired) electrons. The van der Waals surface area contributed by atoms with Crippen molar-refractivity contribution in [3.63, 3.8) is 0 Å². The zero-order chi connectivity index (χ0) is 44.7. The first-order valence-electron chi connectivity index (χ1n) is 23.1. The maximum absolute atomic E-state index is 12.7. The molecule has 0 bridgehead atoms. The van der Waals surface area contributed by atoms with Gasteiger partial charge in [-0.15, -0.1) is 0 Å².